The molecule has 1 aromatic carbocycles. The molecule has 3 nitrogen and oxygen atoms in total. The van der Waals surface area contributed by atoms with E-state index in [2.05, 4.69) is 22.6 Å². The number of nitrogen functional groups attached to an aromatic ring is 1. The molecule has 13 heavy (non-hydrogen) atoms. The van der Waals surface area contributed by atoms with Crippen LogP contribution in [0.25, 0.3) is 6.08 Å². The van der Waals surface area contributed by atoms with Crippen LogP contribution in [0.4, 0.5) is 5.69 Å². The molecule has 0 fully saturated rings. The molecule has 0 amide bonds. The molecule has 0 unspecified atom stereocenters. The third-order valence-corrected chi connectivity index (χ3v) is 2.13. The van der Waals surface area contributed by atoms with Crippen molar-refractivity contribution in [1.82, 2.24) is 0 Å². The Morgan fingerprint density at radius 2 is 2.23 bits per heavy atom. The van der Waals surface area contributed by atoms with Gasteiger partial charge in [0.15, 0.2) is 0 Å². The first-order valence-corrected chi connectivity index (χ1v) is 4.63. The average Bonchev–Trinajstić information content (AvgIpc) is 2.06. The summed E-state index contributed by atoms with van der Waals surface area (Å²) >= 11 is 2.14. The van der Waals surface area contributed by atoms with Crippen molar-refractivity contribution in [3.05, 3.63) is 33.4 Å². The molecule has 0 saturated carbocycles. The van der Waals surface area contributed by atoms with E-state index in [4.69, 9.17) is 10.8 Å². The third-order valence-electron chi connectivity index (χ3n) is 1.45. The van der Waals surface area contributed by atoms with E-state index < -0.39 is 5.97 Å². The maximum Gasteiger partial charge on any atom is 0.328 e. The van der Waals surface area contributed by atoms with Crippen LogP contribution in [0.2, 0.25) is 0 Å². The molecule has 0 aliphatic rings. The Kier molecular flexibility index (Phi) is 3.30. The lowest BCUT2D eigenvalue weighted by Gasteiger charge is -1.99. The largest absolute Gasteiger partial charge is 0.478 e. The van der Waals surface area contributed by atoms with Crippen LogP contribution in [0.5, 0.6) is 0 Å². The Bertz CT molecular complexity index is 361. The molecular weight excluding hydrogens is 281 g/mol. The Morgan fingerprint density at radius 3 is 2.85 bits per heavy atom. The first-order valence-electron chi connectivity index (χ1n) is 3.55. The van der Waals surface area contributed by atoms with E-state index in [0.717, 1.165) is 15.2 Å². The minimum Gasteiger partial charge on any atom is -0.478 e. The highest BCUT2D eigenvalue weighted by Gasteiger charge is 1.96. The van der Waals surface area contributed by atoms with Gasteiger partial charge >= 0.3 is 5.97 Å². The Hall–Kier alpha value is -1.04. The second kappa shape index (κ2) is 4.27. The number of nitrogens with two attached hydrogens (primary N) is 1. The number of hydrogen-bond acceptors (Lipinski definition) is 2. The molecule has 0 spiro atoms. The van der Waals surface area contributed by atoms with Crippen molar-refractivity contribution in [1.29, 1.82) is 0 Å². The zero-order chi connectivity index (χ0) is 9.84. The SMILES string of the molecule is Nc1ccc(I)cc1/C=C/C(=O)O. The van der Waals surface area contributed by atoms with E-state index >= 15 is 0 Å². The quantitative estimate of drug-likeness (QED) is 0.497. The van der Waals surface area contributed by atoms with Gasteiger partial charge in [-0.2, -0.15) is 0 Å². The molecule has 0 saturated heterocycles. The highest BCUT2D eigenvalue weighted by Crippen LogP contribution is 2.16. The molecule has 0 aliphatic heterocycles. The number of anilines is 1. The van der Waals surface area contributed by atoms with Crippen LogP contribution in [0, 0.1) is 3.57 Å². The number of aliphatic carboxylic acids is 1. The fourth-order valence-electron chi connectivity index (χ4n) is 0.851. The predicted octanol–water partition coefficient (Wildman–Crippen LogP) is 1.97. The lowest BCUT2D eigenvalue weighted by atomic mass is 10.2. The Labute approximate surface area is 89.4 Å². The zero-order valence-electron chi connectivity index (χ0n) is 6.70. The monoisotopic (exact) mass is 289 g/mol. The van der Waals surface area contributed by atoms with Gasteiger partial charge in [-0.3, -0.25) is 0 Å². The van der Waals surface area contributed by atoms with Crippen molar-refractivity contribution in [2.24, 2.45) is 0 Å². The molecular formula is C9H8INO2. The number of carboxylic acid groups (broad SMARTS) is 1. The fourth-order valence-corrected chi connectivity index (χ4v) is 1.37. The minimum atomic E-state index is -0.974. The molecule has 68 valence electrons. The van der Waals surface area contributed by atoms with Crippen LogP contribution >= 0.6 is 22.6 Å². The van der Waals surface area contributed by atoms with Crippen LogP contribution in [-0.2, 0) is 4.79 Å². The van der Waals surface area contributed by atoms with Gasteiger partial charge in [0.05, 0.1) is 0 Å². The number of halogens is 1. The van der Waals surface area contributed by atoms with Crippen LogP contribution in [0.1, 0.15) is 5.56 Å². The predicted molar refractivity (Wildman–Crippen MR) is 60.2 cm³/mol. The van der Waals surface area contributed by atoms with E-state index in [0.29, 0.717) is 5.69 Å². The van der Waals surface area contributed by atoms with Gasteiger partial charge in [0.25, 0.3) is 0 Å². The van der Waals surface area contributed by atoms with Crippen LogP contribution in [0.3, 0.4) is 0 Å². The maximum absolute atomic E-state index is 10.2. The molecule has 1 aromatic rings. The van der Waals surface area contributed by atoms with Crippen molar-refractivity contribution >= 4 is 40.3 Å². The van der Waals surface area contributed by atoms with Gasteiger partial charge in [0.1, 0.15) is 0 Å². The van der Waals surface area contributed by atoms with E-state index in [1.54, 1.807) is 6.07 Å². The lowest BCUT2D eigenvalue weighted by Crippen LogP contribution is -1.91. The first-order chi connectivity index (χ1) is 6.09. The van der Waals surface area contributed by atoms with E-state index in [1.807, 2.05) is 12.1 Å². The van der Waals surface area contributed by atoms with Crippen molar-refractivity contribution in [3.8, 4) is 0 Å². The van der Waals surface area contributed by atoms with E-state index in [1.165, 1.54) is 6.08 Å². The minimum absolute atomic E-state index is 0.581. The Morgan fingerprint density at radius 1 is 1.54 bits per heavy atom. The van der Waals surface area contributed by atoms with Crippen LogP contribution < -0.4 is 5.73 Å². The van der Waals surface area contributed by atoms with Gasteiger partial charge < -0.3 is 10.8 Å². The zero-order valence-corrected chi connectivity index (χ0v) is 8.86. The normalized spacial score (nSPS) is 10.5. The molecule has 1 rings (SSSR count). The summed E-state index contributed by atoms with van der Waals surface area (Å²) < 4.78 is 1.02. The highest BCUT2D eigenvalue weighted by molar-refractivity contribution is 14.1. The first kappa shape index (κ1) is 10.0. The van der Waals surface area contributed by atoms with Gasteiger partial charge in [0.2, 0.25) is 0 Å². The molecule has 0 heterocycles. The number of benzene rings is 1. The summed E-state index contributed by atoms with van der Waals surface area (Å²) in [5.74, 6) is -0.974. The smallest absolute Gasteiger partial charge is 0.328 e. The Balaban J connectivity index is 3.00. The van der Waals surface area contributed by atoms with E-state index in [9.17, 15) is 4.79 Å². The standard InChI is InChI=1S/C9H8INO2/c10-7-2-3-8(11)6(5-7)1-4-9(12)13/h1-5H,11H2,(H,12,13)/b4-1+. The second-order valence-electron chi connectivity index (χ2n) is 2.44. The van der Waals surface area contributed by atoms with Crippen molar-refractivity contribution in [3.63, 3.8) is 0 Å². The summed E-state index contributed by atoms with van der Waals surface area (Å²) in [5, 5.41) is 8.41. The number of carbonyl (C=O) groups is 1. The fraction of sp³-hybridized carbons (Fsp3) is 0. The number of rotatable bonds is 2. The molecule has 3 N–H and O–H groups in total. The molecule has 0 radical (unpaired) electrons. The van der Waals surface area contributed by atoms with Gasteiger partial charge in [-0.1, -0.05) is 0 Å². The van der Waals surface area contributed by atoms with Crippen LogP contribution in [-0.4, -0.2) is 11.1 Å². The molecule has 0 aromatic heterocycles. The summed E-state index contributed by atoms with van der Waals surface area (Å²) in [5.41, 5.74) is 6.94. The molecule has 0 bridgehead atoms. The summed E-state index contributed by atoms with van der Waals surface area (Å²) in [6.07, 6.45) is 2.56. The van der Waals surface area contributed by atoms with Crippen molar-refractivity contribution in [2.75, 3.05) is 5.73 Å². The summed E-state index contributed by atoms with van der Waals surface area (Å²) in [7, 11) is 0. The maximum atomic E-state index is 10.2. The molecule has 0 aliphatic carbocycles. The van der Waals surface area contributed by atoms with Crippen LogP contribution in [0.15, 0.2) is 24.3 Å². The molecule has 4 heteroatoms. The number of carboxylic acids is 1. The van der Waals surface area contributed by atoms with Gasteiger partial charge in [-0.15, -0.1) is 0 Å². The topological polar surface area (TPSA) is 63.3 Å². The van der Waals surface area contributed by atoms with Gasteiger partial charge in [-0.25, -0.2) is 4.79 Å². The second-order valence-corrected chi connectivity index (χ2v) is 3.69. The highest BCUT2D eigenvalue weighted by atomic mass is 127. The number of hydrogen-bond donors (Lipinski definition) is 2. The van der Waals surface area contributed by atoms with Gasteiger partial charge in [0, 0.05) is 15.3 Å². The average molecular weight is 289 g/mol. The van der Waals surface area contributed by atoms with Crippen molar-refractivity contribution < 1.29 is 9.90 Å². The summed E-state index contributed by atoms with van der Waals surface area (Å²) in [6.45, 7) is 0. The summed E-state index contributed by atoms with van der Waals surface area (Å²) in [4.78, 5) is 10.2. The summed E-state index contributed by atoms with van der Waals surface area (Å²) in [6, 6.07) is 5.45. The van der Waals surface area contributed by atoms with Gasteiger partial charge in [-0.05, 0) is 52.4 Å². The third kappa shape index (κ3) is 3.06. The lowest BCUT2D eigenvalue weighted by molar-refractivity contribution is -0.131. The van der Waals surface area contributed by atoms with Crippen molar-refractivity contribution in [2.45, 2.75) is 0 Å². The van der Waals surface area contributed by atoms with E-state index in [-0.39, 0.29) is 0 Å². The molecule has 0 atom stereocenters.